The zero-order valence-corrected chi connectivity index (χ0v) is 15.9. The van der Waals surface area contributed by atoms with E-state index in [1.54, 1.807) is 11.6 Å². The highest BCUT2D eigenvalue weighted by atomic mass is 16.5. The summed E-state index contributed by atoms with van der Waals surface area (Å²) in [6.45, 7) is 2.52. The largest absolute Gasteiger partial charge is 0.387 e. The number of aliphatic hydroxyl groups excluding tert-OH is 1. The Bertz CT molecular complexity index is 1110. The van der Waals surface area contributed by atoms with Gasteiger partial charge in [0, 0.05) is 27.2 Å². The van der Waals surface area contributed by atoms with Crippen molar-refractivity contribution < 1.29 is 9.84 Å². The van der Waals surface area contributed by atoms with Crippen LogP contribution in [0.5, 0.6) is 0 Å². The maximum absolute atomic E-state index is 12.9. The third kappa shape index (κ3) is 3.02. The number of hydrogen-bond acceptors (Lipinski definition) is 6. The Balaban J connectivity index is 1.90. The maximum atomic E-state index is 12.9. The molecule has 0 radical (unpaired) electrons. The molecule has 1 unspecified atom stereocenters. The molecule has 1 fully saturated rings. The summed E-state index contributed by atoms with van der Waals surface area (Å²) >= 11 is 0. The number of nitrogens with zero attached hydrogens (tertiary/aromatic N) is 5. The topological polar surface area (TPSA) is 94.5 Å². The van der Waals surface area contributed by atoms with Crippen molar-refractivity contribution in [1.29, 1.82) is 0 Å². The fourth-order valence-electron chi connectivity index (χ4n) is 3.57. The highest BCUT2D eigenvalue weighted by molar-refractivity contribution is 5.74. The summed E-state index contributed by atoms with van der Waals surface area (Å²) in [5.41, 5.74) is 0.513. The monoisotopic (exact) mass is 385 g/mol. The molecular formula is C19H23N5O4. The zero-order chi connectivity index (χ0) is 19.8. The van der Waals surface area contributed by atoms with E-state index in [1.165, 1.54) is 11.6 Å². The van der Waals surface area contributed by atoms with Crippen molar-refractivity contribution in [2.75, 3.05) is 31.2 Å². The van der Waals surface area contributed by atoms with Crippen LogP contribution in [0, 0.1) is 0 Å². The number of hydrogen-bond donors (Lipinski definition) is 1. The molecule has 0 aliphatic carbocycles. The van der Waals surface area contributed by atoms with Gasteiger partial charge in [0.15, 0.2) is 11.2 Å². The summed E-state index contributed by atoms with van der Waals surface area (Å²) in [5, 5.41) is 10.8. The summed E-state index contributed by atoms with van der Waals surface area (Å²) in [6, 6.07) is 9.28. The van der Waals surface area contributed by atoms with Gasteiger partial charge in [0.25, 0.3) is 5.56 Å². The third-order valence-corrected chi connectivity index (χ3v) is 5.16. The third-order valence-electron chi connectivity index (χ3n) is 5.16. The van der Waals surface area contributed by atoms with Crippen molar-refractivity contribution in [1.82, 2.24) is 18.7 Å². The predicted molar refractivity (Wildman–Crippen MR) is 105 cm³/mol. The molecule has 28 heavy (non-hydrogen) atoms. The molecule has 9 heteroatoms. The van der Waals surface area contributed by atoms with Gasteiger partial charge >= 0.3 is 5.69 Å². The Hall–Kier alpha value is -2.91. The van der Waals surface area contributed by atoms with Crippen molar-refractivity contribution >= 4 is 17.1 Å². The molecule has 3 heterocycles. The molecule has 3 aromatic rings. The second kappa shape index (κ2) is 7.25. The highest BCUT2D eigenvalue weighted by Gasteiger charge is 2.25. The minimum absolute atomic E-state index is 0.153. The molecule has 2 aromatic heterocycles. The predicted octanol–water partition coefficient (Wildman–Crippen LogP) is 0.00390. The lowest BCUT2D eigenvalue weighted by Gasteiger charge is -2.28. The van der Waals surface area contributed by atoms with Crippen LogP contribution >= 0.6 is 0 Å². The van der Waals surface area contributed by atoms with Crippen LogP contribution in [-0.4, -0.2) is 50.1 Å². The number of aliphatic hydroxyl groups is 1. The Kier molecular flexibility index (Phi) is 4.78. The molecule has 0 bridgehead atoms. The molecule has 0 saturated carbocycles. The van der Waals surface area contributed by atoms with Gasteiger partial charge in [-0.3, -0.25) is 13.9 Å². The number of morpholine rings is 1. The van der Waals surface area contributed by atoms with Crippen molar-refractivity contribution in [3.05, 3.63) is 56.7 Å². The van der Waals surface area contributed by atoms with Crippen LogP contribution in [0.15, 0.2) is 39.9 Å². The summed E-state index contributed by atoms with van der Waals surface area (Å²) < 4.78 is 9.58. The fraction of sp³-hybridized carbons (Fsp3) is 0.421. The second-order valence-electron chi connectivity index (χ2n) is 6.93. The van der Waals surface area contributed by atoms with Crippen LogP contribution < -0.4 is 16.1 Å². The average molecular weight is 385 g/mol. The van der Waals surface area contributed by atoms with Crippen LogP contribution in [0.25, 0.3) is 11.2 Å². The molecule has 1 atom stereocenters. The molecule has 0 spiro atoms. The smallest absolute Gasteiger partial charge is 0.332 e. The van der Waals surface area contributed by atoms with E-state index in [9.17, 15) is 14.7 Å². The second-order valence-corrected chi connectivity index (χ2v) is 6.93. The first-order chi connectivity index (χ1) is 13.5. The number of ether oxygens (including phenoxy) is 1. The van der Waals surface area contributed by atoms with Crippen LogP contribution in [0.1, 0.15) is 11.7 Å². The van der Waals surface area contributed by atoms with E-state index < -0.39 is 17.4 Å². The molecule has 1 N–H and O–H groups in total. The Morgan fingerprint density at radius 3 is 2.46 bits per heavy atom. The lowest BCUT2D eigenvalue weighted by molar-refractivity contribution is 0.120. The lowest BCUT2D eigenvalue weighted by Crippen LogP contribution is -2.39. The van der Waals surface area contributed by atoms with Crippen LogP contribution in [-0.2, 0) is 25.4 Å². The molecule has 1 aliphatic rings. The highest BCUT2D eigenvalue weighted by Crippen LogP contribution is 2.24. The quantitative estimate of drug-likeness (QED) is 0.680. The number of anilines is 1. The average Bonchev–Trinajstić information content (AvgIpc) is 3.11. The van der Waals surface area contributed by atoms with Crippen molar-refractivity contribution in [3.63, 3.8) is 0 Å². The molecule has 0 amide bonds. The lowest BCUT2D eigenvalue weighted by atomic mass is 10.1. The van der Waals surface area contributed by atoms with Crippen LogP contribution in [0.3, 0.4) is 0 Å². The van der Waals surface area contributed by atoms with E-state index in [0.717, 1.165) is 10.1 Å². The number of imidazole rings is 1. The van der Waals surface area contributed by atoms with E-state index in [4.69, 9.17) is 4.74 Å². The number of benzene rings is 1. The van der Waals surface area contributed by atoms with E-state index in [0.29, 0.717) is 43.4 Å². The van der Waals surface area contributed by atoms with E-state index >= 15 is 0 Å². The zero-order valence-electron chi connectivity index (χ0n) is 15.9. The van der Waals surface area contributed by atoms with Gasteiger partial charge in [0.1, 0.15) is 0 Å². The normalized spacial score (nSPS) is 15.9. The first kappa shape index (κ1) is 18.5. The Morgan fingerprint density at radius 2 is 1.79 bits per heavy atom. The first-order valence-electron chi connectivity index (χ1n) is 9.21. The summed E-state index contributed by atoms with van der Waals surface area (Å²) in [6.07, 6.45) is -0.819. The summed E-state index contributed by atoms with van der Waals surface area (Å²) in [5.74, 6) is 0.562. The fourth-order valence-corrected chi connectivity index (χ4v) is 3.57. The Morgan fingerprint density at radius 1 is 1.11 bits per heavy atom. The maximum Gasteiger partial charge on any atom is 0.332 e. The molecule has 1 saturated heterocycles. The molecule has 1 aliphatic heterocycles. The molecule has 9 nitrogen and oxygen atoms in total. The van der Waals surface area contributed by atoms with Crippen molar-refractivity contribution in [2.24, 2.45) is 14.1 Å². The van der Waals surface area contributed by atoms with Gasteiger partial charge in [-0.2, -0.15) is 4.98 Å². The standard InChI is InChI=1S/C19H23N5O4/c1-21-16-15(17(26)22(2)19(21)27)24(12-14(25)13-6-4-3-5-7-13)18(20-16)23-8-10-28-11-9-23/h3-7,14,25H,8-12H2,1-2H3. The first-order valence-corrected chi connectivity index (χ1v) is 9.21. The minimum atomic E-state index is -0.819. The summed E-state index contributed by atoms with van der Waals surface area (Å²) in [7, 11) is 3.04. The van der Waals surface area contributed by atoms with Crippen molar-refractivity contribution in [2.45, 2.75) is 12.6 Å². The van der Waals surface area contributed by atoms with E-state index in [1.807, 2.05) is 35.2 Å². The minimum Gasteiger partial charge on any atom is -0.387 e. The Labute approximate surface area is 161 Å². The van der Waals surface area contributed by atoms with Crippen molar-refractivity contribution in [3.8, 4) is 0 Å². The van der Waals surface area contributed by atoms with Gasteiger partial charge in [0.2, 0.25) is 5.95 Å². The number of fused-ring (bicyclic) bond motifs is 1. The van der Waals surface area contributed by atoms with Gasteiger partial charge in [0.05, 0.1) is 25.9 Å². The molecule has 1 aromatic carbocycles. The van der Waals surface area contributed by atoms with Gasteiger partial charge < -0.3 is 19.3 Å². The van der Waals surface area contributed by atoms with Crippen LogP contribution in [0.4, 0.5) is 5.95 Å². The van der Waals surface area contributed by atoms with Crippen LogP contribution in [0.2, 0.25) is 0 Å². The van der Waals surface area contributed by atoms with E-state index in [-0.39, 0.29) is 6.54 Å². The number of aromatic nitrogens is 4. The molecule has 148 valence electrons. The van der Waals surface area contributed by atoms with E-state index in [2.05, 4.69) is 4.98 Å². The summed E-state index contributed by atoms with van der Waals surface area (Å²) in [4.78, 5) is 31.9. The van der Waals surface area contributed by atoms with Gasteiger partial charge in [-0.15, -0.1) is 0 Å². The van der Waals surface area contributed by atoms with Gasteiger partial charge in [-0.25, -0.2) is 4.79 Å². The van der Waals surface area contributed by atoms with Gasteiger partial charge in [-0.05, 0) is 5.56 Å². The SMILES string of the molecule is Cn1c(=O)c2c(nc(N3CCOCC3)n2CC(O)c2ccccc2)n(C)c1=O. The number of rotatable bonds is 4. The van der Waals surface area contributed by atoms with Gasteiger partial charge in [-0.1, -0.05) is 30.3 Å². The molecular weight excluding hydrogens is 362 g/mol. The molecule has 4 rings (SSSR count). The number of aryl methyl sites for hydroxylation is 1.